The van der Waals surface area contributed by atoms with Gasteiger partial charge in [0.15, 0.2) is 0 Å². The molecule has 6 aromatic carbocycles. The van der Waals surface area contributed by atoms with E-state index < -0.39 is 0 Å². The molecule has 0 nitrogen and oxygen atoms in total. The third-order valence-electron chi connectivity index (χ3n) is 7.15. The van der Waals surface area contributed by atoms with Gasteiger partial charge in [0, 0.05) is 0 Å². The molecule has 0 heterocycles. The van der Waals surface area contributed by atoms with E-state index in [1.165, 1.54) is 54.2 Å². The quantitative estimate of drug-likeness (QED) is 0.205. The third-order valence-corrected chi connectivity index (χ3v) is 8.40. The van der Waals surface area contributed by atoms with Crippen molar-refractivity contribution in [1.29, 1.82) is 0 Å². The van der Waals surface area contributed by atoms with Crippen molar-refractivity contribution < 1.29 is 0 Å². The lowest BCUT2D eigenvalue weighted by Crippen LogP contribution is -2.26. The molecule has 2 aliphatic rings. The van der Waals surface area contributed by atoms with Gasteiger partial charge in [-0.25, -0.2) is 0 Å². The molecule has 0 amide bonds. The zero-order valence-electron chi connectivity index (χ0n) is 21.9. The van der Waals surface area contributed by atoms with E-state index in [1.54, 1.807) is 0 Å². The highest BCUT2D eigenvalue weighted by atomic mass is 28.2. The molecular formula is C38H30Si. The predicted molar refractivity (Wildman–Crippen MR) is 171 cm³/mol. The Hall–Kier alpha value is -4.46. The third kappa shape index (κ3) is 5.85. The van der Waals surface area contributed by atoms with Gasteiger partial charge in [-0.15, -0.1) is 0 Å². The van der Waals surface area contributed by atoms with Crippen molar-refractivity contribution in [2.45, 2.75) is 12.8 Å². The van der Waals surface area contributed by atoms with Crippen LogP contribution in [0.25, 0.3) is 33.7 Å². The molecule has 2 aliphatic carbocycles. The molecule has 0 unspecified atom stereocenters. The van der Waals surface area contributed by atoms with Gasteiger partial charge in [0.2, 0.25) is 0 Å². The van der Waals surface area contributed by atoms with Gasteiger partial charge in [-0.1, -0.05) is 168 Å². The molecule has 0 atom stereocenters. The Morgan fingerprint density at radius 2 is 0.795 bits per heavy atom. The normalized spacial score (nSPS) is 12.3. The van der Waals surface area contributed by atoms with Gasteiger partial charge in [0.25, 0.3) is 0 Å². The van der Waals surface area contributed by atoms with E-state index in [9.17, 15) is 0 Å². The van der Waals surface area contributed by atoms with Crippen molar-refractivity contribution in [3.05, 3.63) is 168 Å². The number of hydrogen-bond donors (Lipinski definition) is 0. The molecule has 1 heteroatoms. The Labute approximate surface area is 233 Å². The van der Waals surface area contributed by atoms with Gasteiger partial charge in [0.1, 0.15) is 9.52 Å². The van der Waals surface area contributed by atoms with Crippen molar-refractivity contribution in [1.82, 2.24) is 0 Å². The summed E-state index contributed by atoms with van der Waals surface area (Å²) in [5.74, 6) is 0. The minimum absolute atomic E-state index is 0.777. The molecule has 39 heavy (non-hydrogen) atoms. The van der Waals surface area contributed by atoms with Crippen LogP contribution in [0.5, 0.6) is 0 Å². The van der Waals surface area contributed by atoms with Crippen molar-refractivity contribution in [3.63, 3.8) is 0 Å². The van der Waals surface area contributed by atoms with Crippen LogP contribution in [0.15, 0.2) is 146 Å². The van der Waals surface area contributed by atoms with Crippen LogP contribution < -0.4 is 10.4 Å². The Bertz CT molecular complexity index is 1620. The average molecular weight is 515 g/mol. The SMILES string of the molecule is C1=Cc2cccc3cccc(c23)C1.C1=Cc2cccc3cccc(c23)C1.c1ccc([Si]c2ccccc2)cc1. The zero-order valence-corrected chi connectivity index (χ0v) is 22.9. The molecule has 0 spiro atoms. The van der Waals surface area contributed by atoms with Gasteiger partial charge in [-0.3, -0.25) is 0 Å². The van der Waals surface area contributed by atoms with E-state index in [4.69, 9.17) is 0 Å². The van der Waals surface area contributed by atoms with Crippen LogP contribution in [0.2, 0.25) is 0 Å². The molecule has 8 rings (SSSR count). The lowest BCUT2D eigenvalue weighted by molar-refractivity contribution is 1.29. The first-order chi connectivity index (χ1) is 19.3. The monoisotopic (exact) mass is 514 g/mol. The smallest absolute Gasteiger partial charge is 0.0795 e. The van der Waals surface area contributed by atoms with Crippen LogP contribution in [0.4, 0.5) is 0 Å². The minimum Gasteiger partial charge on any atom is -0.0795 e. The molecule has 0 N–H and O–H groups in total. The maximum absolute atomic E-state index is 2.23. The Balaban J connectivity index is 0.000000106. The summed E-state index contributed by atoms with van der Waals surface area (Å²) in [7, 11) is 0.777. The van der Waals surface area contributed by atoms with Gasteiger partial charge in [0.05, 0.1) is 0 Å². The minimum atomic E-state index is 0.777. The summed E-state index contributed by atoms with van der Waals surface area (Å²) >= 11 is 0. The van der Waals surface area contributed by atoms with Gasteiger partial charge in [-0.05, 0) is 56.6 Å². The van der Waals surface area contributed by atoms with Gasteiger partial charge in [-0.2, -0.15) is 0 Å². The molecule has 0 fully saturated rings. The van der Waals surface area contributed by atoms with Crippen LogP contribution in [0.1, 0.15) is 22.3 Å². The standard InChI is InChI=1S/2C13H10.C12H10Si/c2*1-4-10-6-2-8-12-9-3-7-11(5-1)13(10)12;1-3-7-11(8-4-1)13-12-9-5-2-6-10-12/h2*1-8H,9H2;1-10H. The van der Waals surface area contributed by atoms with Crippen molar-refractivity contribution >= 4 is 53.6 Å². The first-order valence-corrected chi connectivity index (χ1v) is 14.6. The summed E-state index contributed by atoms with van der Waals surface area (Å²) in [5.41, 5.74) is 5.63. The van der Waals surface area contributed by atoms with E-state index in [2.05, 4.69) is 158 Å². The summed E-state index contributed by atoms with van der Waals surface area (Å²) in [5, 5.41) is 8.39. The molecule has 0 aromatic heterocycles. The Morgan fingerprint density at radius 3 is 1.23 bits per heavy atom. The summed E-state index contributed by atoms with van der Waals surface area (Å²) in [4.78, 5) is 0. The topological polar surface area (TPSA) is 0 Å². The molecule has 2 radical (unpaired) electrons. The van der Waals surface area contributed by atoms with Gasteiger partial charge < -0.3 is 0 Å². The maximum atomic E-state index is 2.23. The van der Waals surface area contributed by atoms with E-state index in [1.807, 2.05) is 0 Å². The summed E-state index contributed by atoms with van der Waals surface area (Å²) in [6.07, 6.45) is 11.1. The molecule has 6 aromatic rings. The summed E-state index contributed by atoms with van der Waals surface area (Å²) in [6, 6.07) is 47.2. The summed E-state index contributed by atoms with van der Waals surface area (Å²) in [6.45, 7) is 0. The molecular weight excluding hydrogens is 485 g/mol. The van der Waals surface area contributed by atoms with Crippen molar-refractivity contribution in [3.8, 4) is 0 Å². The highest BCUT2D eigenvalue weighted by Crippen LogP contribution is 2.28. The van der Waals surface area contributed by atoms with E-state index in [-0.39, 0.29) is 0 Å². The second kappa shape index (κ2) is 11.9. The summed E-state index contributed by atoms with van der Waals surface area (Å²) < 4.78 is 0. The fraction of sp³-hybridized carbons (Fsp3) is 0.0526. The zero-order chi connectivity index (χ0) is 26.3. The first kappa shape index (κ1) is 24.8. The fourth-order valence-electron chi connectivity index (χ4n) is 5.35. The Morgan fingerprint density at radius 1 is 0.385 bits per heavy atom. The Kier molecular flexibility index (Phi) is 7.61. The van der Waals surface area contributed by atoms with Crippen molar-refractivity contribution in [2.24, 2.45) is 0 Å². The van der Waals surface area contributed by atoms with E-state index in [0.29, 0.717) is 0 Å². The predicted octanol–water partition coefficient (Wildman–Crippen LogP) is 8.16. The average Bonchev–Trinajstić information content (AvgIpc) is 3.00. The van der Waals surface area contributed by atoms with Crippen LogP contribution >= 0.6 is 0 Å². The highest BCUT2D eigenvalue weighted by Gasteiger charge is 2.07. The van der Waals surface area contributed by atoms with Crippen LogP contribution in [-0.4, -0.2) is 9.52 Å². The fourth-order valence-corrected chi connectivity index (χ4v) is 6.40. The second-order valence-electron chi connectivity index (χ2n) is 9.80. The molecule has 0 aliphatic heterocycles. The van der Waals surface area contributed by atoms with Crippen LogP contribution in [-0.2, 0) is 12.8 Å². The highest BCUT2D eigenvalue weighted by molar-refractivity contribution is 6.67. The number of rotatable bonds is 2. The lowest BCUT2D eigenvalue weighted by atomic mass is 9.93. The van der Waals surface area contributed by atoms with Gasteiger partial charge >= 0.3 is 0 Å². The van der Waals surface area contributed by atoms with E-state index >= 15 is 0 Å². The van der Waals surface area contributed by atoms with Crippen LogP contribution in [0.3, 0.4) is 0 Å². The largest absolute Gasteiger partial charge is 0.121 e. The number of hydrogen-bond acceptors (Lipinski definition) is 0. The van der Waals surface area contributed by atoms with Crippen LogP contribution in [0, 0.1) is 0 Å². The maximum Gasteiger partial charge on any atom is 0.121 e. The molecule has 0 bridgehead atoms. The lowest BCUT2D eigenvalue weighted by Gasteiger charge is -2.11. The number of benzene rings is 6. The van der Waals surface area contributed by atoms with E-state index in [0.717, 1.165) is 22.4 Å². The van der Waals surface area contributed by atoms with Crippen molar-refractivity contribution in [2.75, 3.05) is 0 Å². The second-order valence-corrected chi connectivity index (χ2v) is 11.2. The first-order valence-electron chi connectivity index (χ1n) is 13.6. The number of allylic oxidation sites excluding steroid dienone is 2. The molecule has 0 saturated heterocycles. The molecule has 0 saturated carbocycles. The molecule has 186 valence electrons.